The van der Waals surface area contributed by atoms with Crippen molar-refractivity contribution in [3.05, 3.63) is 72.9 Å². The minimum atomic E-state index is -4.96. The van der Waals surface area contributed by atoms with Crippen LogP contribution in [0.1, 0.15) is 310 Å². The number of allylic oxidation sites excluding steroid dienone is 12. The molecule has 19 heteroatoms. The third kappa shape index (κ3) is 65.2. The van der Waals surface area contributed by atoms with Crippen molar-refractivity contribution in [2.24, 2.45) is 0 Å². The van der Waals surface area contributed by atoms with Gasteiger partial charge < -0.3 is 33.8 Å². The van der Waals surface area contributed by atoms with Gasteiger partial charge in [0.15, 0.2) is 12.2 Å². The number of carbonyl (C=O) groups is 4. The van der Waals surface area contributed by atoms with Crippen molar-refractivity contribution >= 4 is 39.5 Å². The van der Waals surface area contributed by atoms with Crippen molar-refractivity contribution in [1.29, 1.82) is 0 Å². The standard InChI is InChI=1S/C73H130O17P2/c1-5-9-13-17-21-25-29-31-33-35-39-41-45-49-53-57-70(75)83-63-68(89-72(77)59-55-51-47-43-37-27-23-19-15-11-7-3)65-87-91(79,80)85-61-67(74)62-86-92(81,82)88-66-69(90-73(78)60-56-52-48-44-38-28-24-20-16-12-8-4)64-84-71(76)58-54-50-46-42-40-36-34-32-30-26-22-18-14-10-6-2/h9-10,13-14,21-22,25-26,31-34,67-69,74H,5-8,11-12,15-20,23-24,27-30,35-66H2,1-4H3,(H,79,80)(H,81,82)/b13-9-,14-10-,25-21-,26-22-,33-31-,34-32-. The van der Waals surface area contributed by atoms with Crippen LogP contribution in [0.15, 0.2) is 72.9 Å². The molecule has 534 valence electrons. The Hall–Kier alpha value is -3.50. The highest BCUT2D eigenvalue weighted by atomic mass is 31.2. The molecule has 0 aliphatic carbocycles. The van der Waals surface area contributed by atoms with Crippen LogP contribution in [0.5, 0.6) is 0 Å². The molecule has 0 heterocycles. The number of aliphatic hydroxyl groups excluding tert-OH is 1. The maximum absolute atomic E-state index is 13.0. The van der Waals surface area contributed by atoms with Crippen LogP contribution < -0.4 is 0 Å². The molecule has 0 fully saturated rings. The first kappa shape index (κ1) is 88.5. The molecule has 0 radical (unpaired) electrons. The molecule has 92 heavy (non-hydrogen) atoms. The Balaban J connectivity index is 5.30. The number of phosphoric ester groups is 2. The first-order chi connectivity index (χ1) is 44.7. The number of aliphatic hydroxyl groups is 1. The van der Waals surface area contributed by atoms with E-state index in [2.05, 4.69) is 101 Å². The van der Waals surface area contributed by atoms with Gasteiger partial charge >= 0.3 is 39.5 Å². The van der Waals surface area contributed by atoms with E-state index in [9.17, 15) is 43.2 Å². The summed E-state index contributed by atoms with van der Waals surface area (Å²) in [7, 11) is -9.93. The highest BCUT2D eigenvalue weighted by Gasteiger charge is 2.30. The van der Waals surface area contributed by atoms with Crippen molar-refractivity contribution in [3.63, 3.8) is 0 Å². The van der Waals surface area contributed by atoms with Crippen LogP contribution in [0.25, 0.3) is 0 Å². The number of esters is 4. The van der Waals surface area contributed by atoms with Crippen LogP contribution in [-0.4, -0.2) is 96.7 Å². The maximum Gasteiger partial charge on any atom is 0.472 e. The van der Waals surface area contributed by atoms with Crippen molar-refractivity contribution in [3.8, 4) is 0 Å². The van der Waals surface area contributed by atoms with E-state index >= 15 is 0 Å². The van der Waals surface area contributed by atoms with Gasteiger partial charge in [-0.1, -0.05) is 268 Å². The van der Waals surface area contributed by atoms with Crippen molar-refractivity contribution in [2.75, 3.05) is 39.6 Å². The lowest BCUT2D eigenvalue weighted by atomic mass is 10.1. The van der Waals surface area contributed by atoms with Crippen LogP contribution in [0.4, 0.5) is 0 Å². The molecular weight excluding hydrogens is 1210 g/mol. The average Bonchev–Trinajstić information content (AvgIpc) is 2.55. The lowest BCUT2D eigenvalue weighted by Crippen LogP contribution is -2.30. The summed E-state index contributed by atoms with van der Waals surface area (Å²) in [5.74, 6) is -2.19. The predicted octanol–water partition coefficient (Wildman–Crippen LogP) is 20.1. The van der Waals surface area contributed by atoms with E-state index in [4.69, 9.17) is 37.0 Å². The predicted molar refractivity (Wildman–Crippen MR) is 372 cm³/mol. The zero-order valence-electron chi connectivity index (χ0n) is 58.0. The quantitative estimate of drug-likeness (QED) is 0.0169. The maximum atomic E-state index is 13.0. The fraction of sp³-hybridized carbons (Fsp3) is 0.781. The van der Waals surface area contributed by atoms with Gasteiger partial charge in [-0.05, 0) is 89.9 Å². The second-order valence-electron chi connectivity index (χ2n) is 24.1. The number of unbranched alkanes of at least 4 members (excludes halogenated alkanes) is 30. The smallest absolute Gasteiger partial charge is 0.462 e. The van der Waals surface area contributed by atoms with Crippen LogP contribution in [0, 0.1) is 0 Å². The molecule has 0 saturated heterocycles. The molecule has 0 aliphatic rings. The van der Waals surface area contributed by atoms with Gasteiger partial charge in [0.05, 0.1) is 26.4 Å². The molecule has 0 rings (SSSR count). The Bertz CT molecular complexity index is 1900. The molecule has 0 saturated carbocycles. The summed E-state index contributed by atoms with van der Waals surface area (Å²) < 4.78 is 68.2. The minimum absolute atomic E-state index is 0.0954. The fourth-order valence-electron chi connectivity index (χ4n) is 9.72. The summed E-state index contributed by atoms with van der Waals surface area (Å²) >= 11 is 0. The van der Waals surface area contributed by atoms with Crippen molar-refractivity contribution < 1.29 is 80.2 Å². The SMILES string of the molecule is CC/C=C\C/C=C\C/C=C\CCCCCCCC(=O)OCC(COP(=O)(O)OCC(O)COP(=O)(O)OCC(COC(=O)CCCCCCC/C=C\C/C=C\C/C=C\CC)OC(=O)CCCCCCCCCCCCC)OC(=O)CCCCCCCCCCCCC. The number of rotatable bonds is 68. The van der Waals surface area contributed by atoms with Crippen LogP contribution in [0.3, 0.4) is 0 Å². The Morgan fingerprint density at radius 2 is 0.565 bits per heavy atom. The molecule has 4 atom stereocenters. The zero-order chi connectivity index (χ0) is 67.5. The van der Waals surface area contributed by atoms with Crippen molar-refractivity contribution in [2.45, 2.75) is 329 Å². The van der Waals surface area contributed by atoms with Gasteiger partial charge in [-0.3, -0.25) is 37.3 Å². The molecule has 17 nitrogen and oxygen atoms in total. The minimum Gasteiger partial charge on any atom is -0.462 e. The monoisotopic (exact) mass is 1340 g/mol. The van der Waals surface area contributed by atoms with E-state index in [1.165, 1.54) is 77.0 Å². The number of hydrogen-bond acceptors (Lipinski definition) is 15. The lowest BCUT2D eigenvalue weighted by Gasteiger charge is -2.21. The Labute approximate surface area is 558 Å². The Kier molecular flexibility index (Phi) is 63.6. The highest BCUT2D eigenvalue weighted by molar-refractivity contribution is 7.47. The third-order valence-electron chi connectivity index (χ3n) is 15.2. The van der Waals surface area contributed by atoms with E-state index in [0.29, 0.717) is 25.7 Å². The molecule has 4 unspecified atom stereocenters. The molecule has 0 aliphatic heterocycles. The van der Waals surface area contributed by atoms with Gasteiger partial charge in [0.25, 0.3) is 0 Å². The third-order valence-corrected chi connectivity index (χ3v) is 17.1. The van der Waals surface area contributed by atoms with E-state index < -0.39 is 97.5 Å². The van der Waals surface area contributed by atoms with Crippen LogP contribution in [-0.2, 0) is 65.4 Å². The van der Waals surface area contributed by atoms with Crippen LogP contribution in [0.2, 0.25) is 0 Å². The number of hydrogen-bond donors (Lipinski definition) is 3. The topological polar surface area (TPSA) is 237 Å². The largest absolute Gasteiger partial charge is 0.472 e. The summed E-state index contributed by atoms with van der Waals surface area (Å²) in [5.41, 5.74) is 0. The van der Waals surface area contributed by atoms with Gasteiger partial charge in [-0.2, -0.15) is 0 Å². The first-order valence-corrected chi connectivity index (χ1v) is 39.2. The number of phosphoric acid groups is 2. The second-order valence-corrected chi connectivity index (χ2v) is 27.0. The van der Waals surface area contributed by atoms with Crippen LogP contribution >= 0.6 is 15.6 Å². The summed E-state index contributed by atoms with van der Waals surface area (Å²) in [6.07, 6.45) is 63.4. The van der Waals surface area contributed by atoms with Gasteiger partial charge in [-0.15, -0.1) is 0 Å². The van der Waals surface area contributed by atoms with Gasteiger partial charge in [0.1, 0.15) is 19.3 Å². The van der Waals surface area contributed by atoms with E-state index in [1.54, 1.807) is 0 Å². The Morgan fingerprint density at radius 1 is 0.315 bits per heavy atom. The summed E-state index contributed by atoms with van der Waals surface area (Å²) in [4.78, 5) is 72.6. The highest BCUT2D eigenvalue weighted by Crippen LogP contribution is 2.45. The molecule has 0 spiro atoms. The number of carbonyl (C=O) groups excluding carboxylic acids is 4. The molecule has 0 aromatic carbocycles. The van der Waals surface area contributed by atoms with E-state index in [-0.39, 0.29) is 25.7 Å². The van der Waals surface area contributed by atoms with Crippen molar-refractivity contribution in [1.82, 2.24) is 0 Å². The lowest BCUT2D eigenvalue weighted by molar-refractivity contribution is -0.161. The second kappa shape index (κ2) is 66.1. The molecule has 0 amide bonds. The molecule has 0 bridgehead atoms. The van der Waals surface area contributed by atoms with Gasteiger partial charge in [0, 0.05) is 25.7 Å². The zero-order valence-corrected chi connectivity index (χ0v) is 59.8. The van der Waals surface area contributed by atoms with Gasteiger partial charge in [0.2, 0.25) is 0 Å². The number of ether oxygens (including phenoxy) is 4. The molecule has 0 aromatic rings. The molecule has 0 aromatic heterocycles. The molecule has 3 N–H and O–H groups in total. The van der Waals surface area contributed by atoms with Gasteiger partial charge in [-0.25, -0.2) is 9.13 Å². The average molecular weight is 1340 g/mol. The summed E-state index contributed by atoms with van der Waals surface area (Å²) in [6.45, 7) is 4.61. The summed E-state index contributed by atoms with van der Waals surface area (Å²) in [5, 5.41) is 10.6. The van der Waals surface area contributed by atoms with E-state index in [0.717, 1.165) is 154 Å². The Morgan fingerprint density at radius 3 is 0.870 bits per heavy atom. The summed E-state index contributed by atoms with van der Waals surface area (Å²) in [6, 6.07) is 0. The molecular formula is C73H130O17P2. The van der Waals surface area contributed by atoms with E-state index in [1.807, 2.05) is 0 Å². The first-order valence-electron chi connectivity index (χ1n) is 36.2. The normalized spacial score (nSPS) is 14.5. The fourth-order valence-corrected chi connectivity index (χ4v) is 11.3.